The number of carbonyl (C=O) groups is 2. The van der Waals surface area contributed by atoms with E-state index in [2.05, 4.69) is 17.6 Å². The average molecular weight is 292 g/mol. The van der Waals surface area contributed by atoms with Crippen molar-refractivity contribution in [3.63, 3.8) is 0 Å². The highest BCUT2D eigenvalue weighted by atomic mass is 16.4. The summed E-state index contributed by atoms with van der Waals surface area (Å²) in [7, 11) is 0. The van der Waals surface area contributed by atoms with E-state index >= 15 is 0 Å². The third kappa shape index (κ3) is 6.29. The standard InChI is InChI=1S/C16H24N2O3/c1-4-12-5-7-13(8-6-12)10-17-16(21)18-14(15(19)20)9-11(2)3/h5-8,11,14H,4,9-10H2,1-3H3,(H,19,20)(H2,17,18,21). The first-order valence-corrected chi connectivity index (χ1v) is 7.27. The van der Waals surface area contributed by atoms with Gasteiger partial charge in [-0.15, -0.1) is 0 Å². The molecule has 0 saturated carbocycles. The van der Waals surface area contributed by atoms with Crippen molar-refractivity contribution in [2.75, 3.05) is 0 Å². The molecule has 0 radical (unpaired) electrons. The Balaban J connectivity index is 2.46. The number of rotatable bonds is 7. The fraction of sp³-hybridized carbons (Fsp3) is 0.500. The lowest BCUT2D eigenvalue weighted by atomic mass is 10.0. The van der Waals surface area contributed by atoms with E-state index < -0.39 is 18.0 Å². The van der Waals surface area contributed by atoms with Crippen molar-refractivity contribution in [2.24, 2.45) is 5.92 Å². The van der Waals surface area contributed by atoms with Crippen LogP contribution in [-0.4, -0.2) is 23.1 Å². The number of hydrogen-bond acceptors (Lipinski definition) is 2. The Hall–Kier alpha value is -2.04. The van der Waals surface area contributed by atoms with Crippen LogP contribution in [0.2, 0.25) is 0 Å². The van der Waals surface area contributed by atoms with Crippen LogP contribution in [0.1, 0.15) is 38.3 Å². The van der Waals surface area contributed by atoms with Crippen molar-refractivity contribution in [2.45, 2.75) is 46.2 Å². The maximum Gasteiger partial charge on any atom is 0.326 e. The molecular weight excluding hydrogens is 268 g/mol. The summed E-state index contributed by atoms with van der Waals surface area (Å²) >= 11 is 0. The molecule has 5 heteroatoms. The van der Waals surface area contributed by atoms with Crippen molar-refractivity contribution in [3.05, 3.63) is 35.4 Å². The molecule has 1 atom stereocenters. The van der Waals surface area contributed by atoms with Crippen molar-refractivity contribution >= 4 is 12.0 Å². The molecule has 1 aromatic carbocycles. The molecular formula is C16H24N2O3. The van der Waals surface area contributed by atoms with Gasteiger partial charge in [-0.1, -0.05) is 45.0 Å². The number of benzene rings is 1. The molecule has 1 rings (SSSR count). The van der Waals surface area contributed by atoms with E-state index in [-0.39, 0.29) is 5.92 Å². The third-order valence-corrected chi connectivity index (χ3v) is 3.19. The minimum atomic E-state index is -1.01. The van der Waals surface area contributed by atoms with Gasteiger partial charge in [0.15, 0.2) is 0 Å². The average Bonchev–Trinajstić information content (AvgIpc) is 2.44. The van der Waals surface area contributed by atoms with Gasteiger partial charge in [-0.2, -0.15) is 0 Å². The molecule has 0 aromatic heterocycles. The number of aliphatic carboxylic acids is 1. The SMILES string of the molecule is CCc1ccc(CNC(=O)NC(CC(C)C)C(=O)O)cc1. The van der Waals surface area contributed by atoms with Gasteiger partial charge in [-0.05, 0) is 29.9 Å². The fourth-order valence-electron chi connectivity index (χ4n) is 1.98. The maximum atomic E-state index is 11.8. The van der Waals surface area contributed by atoms with Crippen LogP contribution in [0.3, 0.4) is 0 Å². The number of hydrogen-bond donors (Lipinski definition) is 3. The van der Waals surface area contributed by atoms with Gasteiger partial charge in [0, 0.05) is 6.54 Å². The van der Waals surface area contributed by atoms with E-state index in [4.69, 9.17) is 5.11 Å². The van der Waals surface area contributed by atoms with Gasteiger partial charge in [0.05, 0.1) is 0 Å². The maximum absolute atomic E-state index is 11.8. The molecule has 5 nitrogen and oxygen atoms in total. The van der Waals surface area contributed by atoms with Crippen LogP contribution >= 0.6 is 0 Å². The van der Waals surface area contributed by atoms with Crippen LogP contribution in [0, 0.1) is 5.92 Å². The number of nitrogens with one attached hydrogen (secondary N) is 2. The first-order valence-electron chi connectivity index (χ1n) is 7.27. The molecule has 0 aliphatic carbocycles. The summed E-state index contributed by atoms with van der Waals surface area (Å²) in [5.74, 6) is -0.806. The molecule has 21 heavy (non-hydrogen) atoms. The van der Waals surface area contributed by atoms with Gasteiger partial charge in [0.25, 0.3) is 0 Å². The number of urea groups is 1. The molecule has 0 fully saturated rings. The Morgan fingerprint density at radius 2 is 1.71 bits per heavy atom. The van der Waals surface area contributed by atoms with E-state index in [1.165, 1.54) is 5.56 Å². The highest BCUT2D eigenvalue weighted by Gasteiger charge is 2.20. The second-order valence-corrected chi connectivity index (χ2v) is 5.52. The Morgan fingerprint density at radius 3 is 2.19 bits per heavy atom. The van der Waals surface area contributed by atoms with Crippen LogP contribution in [0.15, 0.2) is 24.3 Å². The molecule has 1 unspecified atom stereocenters. The number of amides is 2. The first-order chi connectivity index (χ1) is 9.92. The molecule has 0 heterocycles. The summed E-state index contributed by atoms with van der Waals surface area (Å²) < 4.78 is 0. The molecule has 0 saturated heterocycles. The quantitative estimate of drug-likeness (QED) is 0.722. The van der Waals surface area contributed by atoms with E-state index in [9.17, 15) is 9.59 Å². The predicted octanol–water partition coefficient (Wildman–Crippen LogP) is 2.55. The molecule has 116 valence electrons. The lowest BCUT2D eigenvalue weighted by Crippen LogP contribution is -2.46. The fourth-order valence-corrected chi connectivity index (χ4v) is 1.98. The highest BCUT2D eigenvalue weighted by molar-refractivity contribution is 5.82. The number of carbonyl (C=O) groups excluding carboxylic acids is 1. The number of aryl methyl sites for hydroxylation is 1. The van der Waals surface area contributed by atoms with Crippen LogP contribution in [-0.2, 0) is 17.8 Å². The Bertz CT molecular complexity index is 469. The van der Waals surface area contributed by atoms with Gasteiger partial charge in [-0.25, -0.2) is 9.59 Å². The predicted molar refractivity (Wildman–Crippen MR) is 82.1 cm³/mol. The van der Waals surface area contributed by atoms with E-state index in [1.807, 2.05) is 38.1 Å². The minimum absolute atomic E-state index is 0.202. The van der Waals surface area contributed by atoms with Crippen LogP contribution in [0.4, 0.5) is 4.79 Å². The lowest BCUT2D eigenvalue weighted by molar-refractivity contribution is -0.139. The van der Waals surface area contributed by atoms with Crippen LogP contribution in [0.25, 0.3) is 0 Å². The van der Waals surface area contributed by atoms with Crippen molar-refractivity contribution in [1.82, 2.24) is 10.6 Å². The lowest BCUT2D eigenvalue weighted by Gasteiger charge is -2.17. The zero-order valence-electron chi connectivity index (χ0n) is 12.8. The zero-order chi connectivity index (χ0) is 15.8. The van der Waals surface area contributed by atoms with Crippen molar-refractivity contribution in [3.8, 4) is 0 Å². The van der Waals surface area contributed by atoms with Gasteiger partial charge in [0.1, 0.15) is 6.04 Å². The summed E-state index contributed by atoms with van der Waals surface area (Å²) in [5, 5.41) is 14.2. The Labute approximate surface area is 125 Å². The summed E-state index contributed by atoms with van der Waals surface area (Å²) in [5.41, 5.74) is 2.23. The first kappa shape index (κ1) is 17.0. The van der Waals surface area contributed by atoms with E-state index in [0.717, 1.165) is 12.0 Å². The highest BCUT2D eigenvalue weighted by Crippen LogP contribution is 2.06. The van der Waals surface area contributed by atoms with Gasteiger partial charge < -0.3 is 15.7 Å². The molecule has 0 aliphatic rings. The van der Waals surface area contributed by atoms with Crippen molar-refractivity contribution in [1.29, 1.82) is 0 Å². The van der Waals surface area contributed by atoms with Crippen LogP contribution in [0.5, 0.6) is 0 Å². The largest absolute Gasteiger partial charge is 0.480 e. The topological polar surface area (TPSA) is 78.4 Å². The second kappa shape index (κ2) is 8.29. The van der Waals surface area contributed by atoms with Crippen LogP contribution < -0.4 is 10.6 Å². The Kier molecular flexibility index (Phi) is 6.72. The number of carboxylic acids is 1. The molecule has 0 bridgehead atoms. The normalized spacial score (nSPS) is 12.0. The molecule has 3 N–H and O–H groups in total. The number of carboxylic acid groups (broad SMARTS) is 1. The van der Waals surface area contributed by atoms with Crippen molar-refractivity contribution < 1.29 is 14.7 Å². The summed E-state index contributed by atoms with van der Waals surface area (Å²) in [6.45, 7) is 6.31. The van der Waals surface area contributed by atoms with Gasteiger partial charge in [0.2, 0.25) is 0 Å². The second-order valence-electron chi connectivity index (χ2n) is 5.52. The van der Waals surface area contributed by atoms with E-state index in [1.54, 1.807) is 0 Å². The molecule has 1 aromatic rings. The summed E-state index contributed by atoms with van der Waals surface area (Å²) in [4.78, 5) is 22.8. The molecule has 0 spiro atoms. The van der Waals surface area contributed by atoms with Gasteiger partial charge >= 0.3 is 12.0 Å². The summed E-state index contributed by atoms with van der Waals surface area (Å²) in [6, 6.07) is 6.65. The Morgan fingerprint density at radius 1 is 1.14 bits per heavy atom. The molecule has 2 amide bonds. The minimum Gasteiger partial charge on any atom is -0.480 e. The monoisotopic (exact) mass is 292 g/mol. The summed E-state index contributed by atoms with van der Waals surface area (Å²) in [6.07, 6.45) is 1.39. The van der Waals surface area contributed by atoms with Gasteiger partial charge in [-0.3, -0.25) is 0 Å². The molecule has 0 aliphatic heterocycles. The third-order valence-electron chi connectivity index (χ3n) is 3.19. The smallest absolute Gasteiger partial charge is 0.326 e. The zero-order valence-corrected chi connectivity index (χ0v) is 12.8. The van der Waals surface area contributed by atoms with E-state index in [0.29, 0.717) is 13.0 Å².